The van der Waals surface area contributed by atoms with Gasteiger partial charge in [0.15, 0.2) is 5.75 Å². The predicted octanol–water partition coefficient (Wildman–Crippen LogP) is 0.582. The number of aliphatic hydroxyl groups is 1. The van der Waals surface area contributed by atoms with E-state index in [0.29, 0.717) is 6.54 Å². The number of nitro groups is 1. The average Bonchev–Trinajstić information content (AvgIpc) is 2.48. The Kier molecular flexibility index (Phi) is 5.49. The van der Waals surface area contributed by atoms with Gasteiger partial charge in [-0.3, -0.25) is 15.0 Å². The lowest BCUT2D eigenvalue weighted by atomic mass is 10.2. The van der Waals surface area contributed by atoms with Crippen LogP contribution in [0.15, 0.2) is 24.3 Å². The molecule has 1 aliphatic heterocycles. The monoisotopic (exact) mass is 295 g/mol. The molecule has 1 aromatic rings. The van der Waals surface area contributed by atoms with Crippen molar-refractivity contribution in [1.82, 2.24) is 9.80 Å². The first-order valence-electron chi connectivity index (χ1n) is 7.01. The van der Waals surface area contributed by atoms with Gasteiger partial charge in [-0.25, -0.2) is 0 Å². The lowest BCUT2D eigenvalue weighted by Crippen LogP contribution is -2.47. The molecule has 116 valence electrons. The predicted molar refractivity (Wildman–Crippen MR) is 78.5 cm³/mol. The third-order valence-electron chi connectivity index (χ3n) is 3.56. The van der Waals surface area contributed by atoms with Crippen molar-refractivity contribution in [2.45, 2.75) is 6.10 Å². The standard InChI is InChI=1S/C14H21N3O4/c1-15-6-8-16(9-7-15)10-12(18)11-21-14-5-3-2-4-13(14)17(19)20/h2-5,12,18H,6-11H2,1H3/t12-/m1/s1. The fraction of sp³-hybridized carbons (Fsp3) is 0.571. The summed E-state index contributed by atoms with van der Waals surface area (Å²) >= 11 is 0. The molecule has 0 radical (unpaired) electrons. The minimum absolute atomic E-state index is 0.0528. The van der Waals surface area contributed by atoms with Crippen molar-refractivity contribution in [3.05, 3.63) is 34.4 Å². The Bertz CT molecular complexity index is 475. The van der Waals surface area contributed by atoms with Gasteiger partial charge in [0.05, 0.1) is 4.92 Å². The molecular formula is C14H21N3O4. The van der Waals surface area contributed by atoms with Gasteiger partial charge >= 0.3 is 5.69 Å². The molecule has 0 bridgehead atoms. The van der Waals surface area contributed by atoms with E-state index in [-0.39, 0.29) is 18.0 Å². The number of hydrogen-bond donors (Lipinski definition) is 1. The van der Waals surface area contributed by atoms with Gasteiger partial charge in [0.25, 0.3) is 0 Å². The van der Waals surface area contributed by atoms with Gasteiger partial charge in [0, 0.05) is 38.8 Å². The number of rotatable bonds is 6. The van der Waals surface area contributed by atoms with E-state index in [1.54, 1.807) is 18.2 Å². The zero-order valence-corrected chi connectivity index (χ0v) is 12.1. The van der Waals surface area contributed by atoms with Gasteiger partial charge in [0.1, 0.15) is 12.7 Å². The van der Waals surface area contributed by atoms with Crippen LogP contribution in [0.25, 0.3) is 0 Å². The number of likely N-dealkylation sites (N-methyl/N-ethyl adjacent to an activating group) is 1. The van der Waals surface area contributed by atoms with E-state index in [1.807, 2.05) is 0 Å². The van der Waals surface area contributed by atoms with Gasteiger partial charge in [-0.05, 0) is 13.1 Å². The van der Waals surface area contributed by atoms with Crippen molar-refractivity contribution in [3.8, 4) is 5.75 Å². The number of hydrogen-bond acceptors (Lipinski definition) is 6. The zero-order valence-electron chi connectivity index (χ0n) is 12.1. The molecule has 1 heterocycles. The largest absolute Gasteiger partial charge is 0.484 e. The van der Waals surface area contributed by atoms with E-state index >= 15 is 0 Å². The van der Waals surface area contributed by atoms with Crippen molar-refractivity contribution in [1.29, 1.82) is 0 Å². The third-order valence-corrected chi connectivity index (χ3v) is 3.56. The summed E-state index contributed by atoms with van der Waals surface area (Å²) in [6, 6.07) is 6.20. The highest BCUT2D eigenvalue weighted by atomic mass is 16.6. The topological polar surface area (TPSA) is 79.1 Å². The van der Waals surface area contributed by atoms with Gasteiger partial charge < -0.3 is 14.7 Å². The van der Waals surface area contributed by atoms with Gasteiger partial charge in [0.2, 0.25) is 0 Å². The first-order chi connectivity index (χ1) is 10.1. The van der Waals surface area contributed by atoms with Crippen LogP contribution in [0, 0.1) is 10.1 Å². The Labute approximate surface area is 123 Å². The zero-order chi connectivity index (χ0) is 15.2. The number of β-amino-alcohol motifs (C(OH)–C–C–N with tert-alkyl or cyclic N) is 1. The molecule has 1 N–H and O–H groups in total. The Morgan fingerprint density at radius 1 is 1.33 bits per heavy atom. The number of para-hydroxylation sites is 2. The second-order valence-corrected chi connectivity index (χ2v) is 5.29. The van der Waals surface area contributed by atoms with Crippen LogP contribution in [0.1, 0.15) is 0 Å². The molecule has 7 nitrogen and oxygen atoms in total. The van der Waals surface area contributed by atoms with Crippen molar-refractivity contribution in [2.75, 3.05) is 46.4 Å². The van der Waals surface area contributed by atoms with Crippen LogP contribution in [-0.2, 0) is 0 Å². The molecule has 1 aliphatic rings. The number of benzene rings is 1. The molecule has 1 fully saturated rings. The van der Waals surface area contributed by atoms with E-state index in [9.17, 15) is 15.2 Å². The Balaban J connectivity index is 1.81. The number of nitro benzene ring substituents is 1. The molecule has 0 aromatic heterocycles. The summed E-state index contributed by atoms with van der Waals surface area (Å²) in [7, 11) is 2.07. The second-order valence-electron chi connectivity index (χ2n) is 5.29. The summed E-state index contributed by atoms with van der Waals surface area (Å²) in [5.41, 5.74) is -0.0794. The first-order valence-corrected chi connectivity index (χ1v) is 7.01. The number of ether oxygens (including phenoxy) is 1. The highest BCUT2D eigenvalue weighted by Crippen LogP contribution is 2.25. The molecule has 0 saturated carbocycles. The second kappa shape index (κ2) is 7.35. The number of nitrogens with zero attached hydrogens (tertiary/aromatic N) is 3. The van der Waals surface area contributed by atoms with Crippen molar-refractivity contribution < 1.29 is 14.8 Å². The summed E-state index contributed by atoms with van der Waals surface area (Å²) in [5, 5.41) is 20.9. The van der Waals surface area contributed by atoms with Crippen molar-refractivity contribution in [2.24, 2.45) is 0 Å². The SMILES string of the molecule is CN1CCN(C[C@@H](O)COc2ccccc2[N+](=O)[O-])CC1. The van der Waals surface area contributed by atoms with Crippen LogP contribution >= 0.6 is 0 Å². The fourth-order valence-electron chi connectivity index (χ4n) is 2.30. The molecule has 1 atom stereocenters. The molecular weight excluding hydrogens is 274 g/mol. The average molecular weight is 295 g/mol. The minimum Gasteiger partial charge on any atom is -0.484 e. The van der Waals surface area contributed by atoms with E-state index < -0.39 is 11.0 Å². The lowest BCUT2D eigenvalue weighted by molar-refractivity contribution is -0.385. The Morgan fingerprint density at radius 2 is 2.00 bits per heavy atom. The highest BCUT2D eigenvalue weighted by Gasteiger charge is 2.19. The maximum Gasteiger partial charge on any atom is 0.310 e. The van der Waals surface area contributed by atoms with Gasteiger partial charge in [-0.2, -0.15) is 0 Å². The molecule has 0 amide bonds. The third kappa shape index (κ3) is 4.66. The molecule has 1 saturated heterocycles. The van der Waals surface area contributed by atoms with Crippen LogP contribution in [0.4, 0.5) is 5.69 Å². The summed E-state index contributed by atoms with van der Waals surface area (Å²) in [6.45, 7) is 4.37. The lowest BCUT2D eigenvalue weighted by Gasteiger charge is -2.33. The van der Waals surface area contributed by atoms with Crippen LogP contribution in [-0.4, -0.2) is 72.3 Å². The van der Waals surface area contributed by atoms with Crippen LogP contribution in [0.5, 0.6) is 5.75 Å². The van der Waals surface area contributed by atoms with E-state index in [4.69, 9.17) is 4.74 Å². The maximum atomic E-state index is 10.9. The Hall–Kier alpha value is -1.70. The minimum atomic E-state index is -0.659. The van der Waals surface area contributed by atoms with Crippen LogP contribution in [0.2, 0.25) is 0 Å². The molecule has 7 heteroatoms. The van der Waals surface area contributed by atoms with Crippen LogP contribution < -0.4 is 4.74 Å². The van der Waals surface area contributed by atoms with Crippen molar-refractivity contribution >= 4 is 5.69 Å². The summed E-state index contributed by atoms with van der Waals surface area (Å²) in [5.74, 6) is 0.194. The molecule has 0 unspecified atom stereocenters. The summed E-state index contributed by atoms with van der Waals surface area (Å²) in [6.07, 6.45) is -0.659. The summed E-state index contributed by atoms with van der Waals surface area (Å²) < 4.78 is 5.39. The smallest absolute Gasteiger partial charge is 0.310 e. The van der Waals surface area contributed by atoms with E-state index in [1.165, 1.54) is 6.07 Å². The highest BCUT2D eigenvalue weighted by molar-refractivity contribution is 5.45. The van der Waals surface area contributed by atoms with Crippen LogP contribution in [0.3, 0.4) is 0 Å². The molecule has 0 aliphatic carbocycles. The van der Waals surface area contributed by atoms with Gasteiger partial charge in [-0.15, -0.1) is 0 Å². The molecule has 21 heavy (non-hydrogen) atoms. The normalized spacial score (nSPS) is 18.4. The first kappa shape index (κ1) is 15.7. The molecule has 0 spiro atoms. The summed E-state index contributed by atoms with van der Waals surface area (Å²) in [4.78, 5) is 14.8. The maximum absolute atomic E-state index is 10.9. The fourth-order valence-corrected chi connectivity index (χ4v) is 2.30. The molecule has 2 rings (SSSR count). The van der Waals surface area contributed by atoms with Gasteiger partial charge in [-0.1, -0.05) is 12.1 Å². The number of aliphatic hydroxyl groups excluding tert-OH is 1. The quantitative estimate of drug-likeness (QED) is 0.611. The Morgan fingerprint density at radius 3 is 2.67 bits per heavy atom. The number of piperazine rings is 1. The molecule has 1 aromatic carbocycles. The van der Waals surface area contributed by atoms with Crippen molar-refractivity contribution in [3.63, 3.8) is 0 Å². The van der Waals surface area contributed by atoms with E-state index in [2.05, 4.69) is 16.8 Å². The van der Waals surface area contributed by atoms with E-state index in [0.717, 1.165) is 26.2 Å².